The van der Waals surface area contributed by atoms with E-state index in [0.29, 0.717) is 23.4 Å². The minimum Gasteiger partial charge on any atom is -0.379 e. The number of morpholine rings is 1. The number of anilines is 1. The Balaban J connectivity index is 1.89. The summed E-state index contributed by atoms with van der Waals surface area (Å²) in [5.74, 6) is 0.295. The van der Waals surface area contributed by atoms with Crippen molar-refractivity contribution < 1.29 is 9.53 Å². The van der Waals surface area contributed by atoms with Gasteiger partial charge in [0.2, 0.25) is 6.41 Å². The van der Waals surface area contributed by atoms with Crippen LogP contribution in [0.2, 0.25) is 0 Å². The molecule has 10 nitrogen and oxygen atoms in total. The van der Waals surface area contributed by atoms with Gasteiger partial charge in [0.15, 0.2) is 5.84 Å². The summed E-state index contributed by atoms with van der Waals surface area (Å²) in [6.45, 7) is 5.83. The molecule has 2 aromatic rings. The van der Waals surface area contributed by atoms with Crippen LogP contribution in [0, 0.1) is 16.7 Å². The number of carbonyl (C=O) groups is 1. The predicted octanol–water partition coefficient (Wildman–Crippen LogP) is 3.17. The number of amides is 1. The zero-order valence-corrected chi connectivity index (χ0v) is 17.4. The van der Waals surface area contributed by atoms with E-state index in [1.54, 1.807) is 24.9 Å². The Kier molecular flexibility index (Phi) is 7.52. The van der Waals surface area contributed by atoms with E-state index in [0.717, 1.165) is 44.1 Å². The van der Waals surface area contributed by atoms with Gasteiger partial charge in [-0.2, -0.15) is 5.10 Å². The Hall–Kier alpha value is -3.50. The van der Waals surface area contributed by atoms with Crippen LogP contribution < -0.4 is 10.3 Å². The molecule has 1 saturated heterocycles. The Morgan fingerprint density at radius 3 is 2.42 bits per heavy atom. The smallest absolute Gasteiger partial charge is 0.227 e. The molecule has 0 radical (unpaired) electrons. The van der Waals surface area contributed by atoms with Crippen LogP contribution in [0.5, 0.6) is 0 Å². The SMILES string of the molecule is Cc1cc(/C(=N/NC=O)N(C)c2ccc(CN3CCOCC3)cc2)c(N=O)cc1N=O. The third-order valence-corrected chi connectivity index (χ3v) is 5.13. The van der Waals surface area contributed by atoms with E-state index < -0.39 is 0 Å². The molecule has 0 aliphatic carbocycles. The normalized spacial score (nSPS) is 14.7. The van der Waals surface area contributed by atoms with E-state index in [1.165, 1.54) is 6.07 Å². The second kappa shape index (κ2) is 10.5. The Labute approximate surface area is 179 Å². The van der Waals surface area contributed by atoms with Crippen molar-refractivity contribution in [3.8, 4) is 0 Å². The number of hydrogen-bond acceptors (Lipinski definition) is 8. The topological polar surface area (TPSA) is 116 Å². The summed E-state index contributed by atoms with van der Waals surface area (Å²) < 4.78 is 5.39. The number of aryl methyl sites for hydroxylation is 1. The highest BCUT2D eigenvalue weighted by atomic mass is 16.5. The maximum atomic E-state index is 11.4. The lowest BCUT2D eigenvalue weighted by molar-refractivity contribution is -0.109. The molecule has 31 heavy (non-hydrogen) atoms. The molecule has 1 amide bonds. The third kappa shape index (κ3) is 5.36. The van der Waals surface area contributed by atoms with Gasteiger partial charge in [-0.15, -0.1) is 9.81 Å². The van der Waals surface area contributed by atoms with Crippen molar-refractivity contribution in [2.24, 2.45) is 15.5 Å². The molecule has 0 bridgehead atoms. The van der Waals surface area contributed by atoms with Gasteiger partial charge in [-0.25, -0.2) is 5.43 Å². The molecule has 1 heterocycles. The first-order valence-electron chi connectivity index (χ1n) is 9.78. The fourth-order valence-corrected chi connectivity index (χ4v) is 3.41. The number of hydrazone groups is 1. The lowest BCUT2D eigenvalue weighted by atomic mass is 10.1. The predicted molar refractivity (Wildman–Crippen MR) is 119 cm³/mol. The molecule has 0 saturated carbocycles. The van der Waals surface area contributed by atoms with Crippen molar-refractivity contribution in [1.82, 2.24) is 10.3 Å². The molecule has 0 unspecified atom stereocenters. The second-order valence-electron chi connectivity index (χ2n) is 7.13. The molecule has 0 spiro atoms. The van der Waals surface area contributed by atoms with Gasteiger partial charge in [0.05, 0.1) is 13.2 Å². The maximum absolute atomic E-state index is 11.4. The average molecular weight is 424 g/mol. The highest BCUT2D eigenvalue weighted by Crippen LogP contribution is 2.31. The summed E-state index contributed by atoms with van der Waals surface area (Å²) in [7, 11) is 1.76. The molecule has 0 aromatic heterocycles. The minimum absolute atomic E-state index is 0.00226. The highest BCUT2D eigenvalue weighted by Gasteiger charge is 2.19. The molecular formula is C21H24N6O4. The van der Waals surface area contributed by atoms with E-state index in [9.17, 15) is 14.6 Å². The van der Waals surface area contributed by atoms with Gasteiger partial charge in [-0.3, -0.25) is 9.69 Å². The number of nitroso groups, excluding NO2 is 2. The van der Waals surface area contributed by atoms with Crippen LogP contribution in [-0.4, -0.2) is 50.5 Å². The first-order chi connectivity index (χ1) is 15.1. The molecule has 1 aliphatic rings. The van der Waals surface area contributed by atoms with Crippen LogP contribution in [0.3, 0.4) is 0 Å². The molecule has 10 heteroatoms. The Morgan fingerprint density at radius 2 is 1.81 bits per heavy atom. The van der Waals surface area contributed by atoms with Gasteiger partial charge in [0.1, 0.15) is 11.4 Å². The summed E-state index contributed by atoms with van der Waals surface area (Å²) in [5, 5.41) is 10.0. The summed E-state index contributed by atoms with van der Waals surface area (Å²) in [4.78, 5) is 37.3. The van der Waals surface area contributed by atoms with Gasteiger partial charge in [0, 0.05) is 37.9 Å². The second-order valence-corrected chi connectivity index (χ2v) is 7.13. The monoisotopic (exact) mass is 424 g/mol. The molecule has 3 rings (SSSR count). The molecule has 1 aliphatic heterocycles. The van der Waals surface area contributed by atoms with E-state index in [2.05, 4.69) is 25.8 Å². The van der Waals surface area contributed by atoms with E-state index in [4.69, 9.17) is 4.74 Å². The van der Waals surface area contributed by atoms with Crippen LogP contribution in [0.15, 0.2) is 51.9 Å². The zero-order valence-electron chi connectivity index (χ0n) is 17.4. The largest absolute Gasteiger partial charge is 0.379 e. The highest BCUT2D eigenvalue weighted by molar-refractivity contribution is 6.13. The summed E-state index contributed by atoms with van der Waals surface area (Å²) >= 11 is 0. The fourth-order valence-electron chi connectivity index (χ4n) is 3.41. The number of hydrogen-bond donors (Lipinski definition) is 1. The molecule has 1 fully saturated rings. The number of nitrogens with zero attached hydrogens (tertiary/aromatic N) is 5. The molecule has 162 valence electrons. The lowest BCUT2D eigenvalue weighted by Gasteiger charge is -2.27. The van der Waals surface area contributed by atoms with Crippen LogP contribution in [0.1, 0.15) is 16.7 Å². The van der Waals surface area contributed by atoms with Crippen molar-refractivity contribution >= 4 is 29.3 Å². The Morgan fingerprint density at radius 1 is 1.13 bits per heavy atom. The van der Waals surface area contributed by atoms with Gasteiger partial charge < -0.3 is 9.64 Å². The first-order valence-corrected chi connectivity index (χ1v) is 9.78. The van der Waals surface area contributed by atoms with Crippen molar-refractivity contribution in [2.75, 3.05) is 38.3 Å². The molecule has 1 N–H and O–H groups in total. The first kappa shape index (κ1) is 22.2. The van der Waals surface area contributed by atoms with Crippen molar-refractivity contribution in [3.05, 3.63) is 62.9 Å². The number of nitrogens with one attached hydrogen (secondary N) is 1. The summed E-state index contributed by atoms with van der Waals surface area (Å²) in [6, 6.07) is 10.8. The lowest BCUT2D eigenvalue weighted by Crippen LogP contribution is -2.35. The number of carbonyl (C=O) groups excluding carboxylic acids is 1. The van der Waals surface area contributed by atoms with Crippen molar-refractivity contribution in [3.63, 3.8) is 0 Å². The van der Waals surface area contributed by atoms with Crippen molar-refractivity contribution in [2.45, 2.75) is 13.5 Å². The van der Waals surface area contributed by atoms with E-state index in [-0.39, 0.29) is 11.4 Å². The van der Waals surface area contributed by atoms with Gasteiger partial charge in [0.25, 0.3) is 0 Å². The number of rotatable bonds is 8. The van der Waals surface area contributed by atoms with E-state index in [1.807, 2.05) is 24.3 Å². The molecular weight excluding hydrogens is 400 g/mol. The minimum atomic E-state index is 0.00226. The molecule has 2 aromatic carbocycles. The number of benzene rings is 2. The van der Waals surface area contributed by atoms with Crippen LogP contribution in [0.4, 0.5) is 17.1 Å². The average Bonchev–Trinajstić information content (AvgIpc) is 2.80. The van der Waals surface area contributed by atoms with Gasteiger partial charge in [-0.1, -0.05) is 12.1 Å². The van der Waals surface area contributed by atoms with Crippen molar-refractivity contribution in [1.29, 1.82) is 0 Å². The summed E-state index contributed by atoms with van der Waals surface area (Å²) in [6.07, 6.45) is 0.432. The van der Waals surface area contributed by atoms with Gasteiger partial charge in [-0.05, 0) is 52.7 Å². The number of amidine groups is 1. The van der Waals surface area contributed by atoms with E-state index >= 15 is 0 Å². The standard InChI is InChI=1S/C21H24N6O4/c1-15-11-18(20(25-30)12-19(15)24-29)21(23-22-14-28)26(2)17-5-3-16(4-6-17)13-27-7-9-31-10-8-27/h3-6,11-12,14H,7-10,13H2,1-2H3,(H,22,28)/b23-21-. The quantitative estimate of drug-likeness (QED) is 0.229. The third-order valence-electron chi connectivity index (χ3n) is 5.13. The number of ether oxygens (including phenoxy) is 1. The fraction of sp³-hybridized carbons (Fsp3) is 0.333. The Bertz CT molecular complexity index is 971. The van der Waals surface area contributed by atoms with Crippen LogP contribution >= 0.6 is 0 Å². The van der Waals surface area contributed by atoms with Gasteiger partial charge >= 0.3 is 0 Å². The van der Waals surface area contributed by atoms with Crippen LogP contribution in [-0.2, 0) is 16.1 Å². The maximum Gasteiger partial charge on any atom is 0.227 e. The summed E-state index contributed by atoms with van der Waals surface area (Å²) in [5.41, 5.74) is 5.29. The molecule has 0 atom stereocenters. The zero-order chi connectivity index (χ0) is 22.2. The van der Waals surface area contributed by atoms with Crippen LogP contribution in [0.25, 0.3) is 0 Å².